The number of carbonyl (C=O) groups excluding carboxylic acids is 2. The van der Waals surface area contributed by atoms with Gasteiger partial charge in [-0.1, -0.05) is 0 Å². The van der Waals surface area contributed by atoms with Crippen LogP contribution in [0.5, 0.6) is 11.5 Å². The van der Waals surface area contributed by atoms with Crippen LogP contribution in [0.25, 0.3) is 0 Å². The molecule has 0 bridgehead atoms. The van der Waals surface area contributed by atoms with Gasteiger partial charge >= 0.3 is 0 Å². The molecule has 164 valence electrons. The number of amides is 2. The molecule has 31 heavy (non-hydrogen) atoms. The molecule has 1 unspecified atom stereocenters. The highest BCUT2D eigenvalue weighted by Crippen LogP contribution is 2.21. The van der Waals surface area contributed by atoms with Crippen LogP contribution >= 0.6 is 0 Å². The number of benzene rings is 2. The molecule has 6 nitrogen and oxygen atoms in total. The third kappa shape index (κ3) is 5.34. The first-order valence-electron chi connectivity index (χ1n) is 10.8. The van der Waals surface area contributed by atoms with E-state index in [-0.39, 0.29) is 30.3 Å². The maximum Gasteiger partial charge on any atom is 0.260 e. The van der Waals surface area contributed by atoms with Crippen LogP contribution in [0.3, 0.4) is 0 Å². The molecule has 0 radical (unpaired) electrons. The van der Waals surface area contributed by atoms with Gasteiger partial charge in [-0.15, -0.1) is 0 Å². The van der Waals surface area contributed by atoms with E-state index in [1.807, 2.05) is 17.0 Å². The number of rotatable bonds is 7. The number of nitrogens with zero attached hydrogens (tertiary/aromatic N) is 2. The minimum absolute atomic E-state index is 0.0183. The summed E-state index contributed by atoms with van der Waals surface area (Å²) in [7, 11) is 0. The Kier molecular flexibility index (Phi) is 6.70. The van der Waals surface area contributed by atoms with E-state index in [9.17, 15) is 14.0 Å². The van der Waals surface area contributed by atoms with Gasteiger partial charge in [0.1, 0.15) is 23.9 Å². The molecular formula is C24H27FN2O4. The van der Waals surface area contributed by atoms with Crippen LogP contribution in [0.15, 0.2) is 48.5 Å². The first kappa shape index (κ1) is 21.2. The van der Waals surface area contributed by atoms with Gasteiger partial charge in [0.05, 0.1) is 6.04 Å². The van der Waals surface area contributed by atoms with Crippen molar-refractivity contribution < 1.29 is 23.5 Å². The third-order valence-electron chi connectivity index (χ3n) is 5.81. The second kappa shape index (κ2) is 9.81. The molecule has 0 spiro atoms. The monoisotopic (exact) mass is 426 g/mol. The summed E-state index contributed by atoms with van der Waals surface area (Å²) < 4.78 is 24.4. The predicted molar refractivity (Wildman–Crippen MR) is 114 cm³/mol. The number of hydrogen-bond donors (Lipinski definition) is 0. The summed E-state index contributed by atoms with van der Waals surface area (Å²) in [6.45, 7) is 2.63. The summed E-state index contributed by atoms with van der Waals surface area (Å²) in [6.07, 6.45) is 3.92. The molecule has 7 heteroatoms. The number of ether oxygens (including phenoxy) is 2. The number of halogens is 1. The summed E-state index contributed by atoms with van der Waals surface area (Å²) in [4.78, 5) is 28.7. The summed E-state index contributed by atoms with van der Waals surface area (Å²) in [5, 5.41) is 0. The zero-order valence-electron chi connectivity index (χ0n) is 17.5. The zero-order chi connectivity index (χ0) is 21.6. The fourth-order valence-corrected chi connectivity index (χ4v) is 4.09. The molecule has 2 aromatic carbocycles. The van der Waals surface area contributed by atoms with Gasteiger partial charge in [-0.3, -0.25) is 9.59 Å². The van der Waals surface area contributed by atoms with Gasteiger partial charge in [0, 0.05) is 25.2 Å². The van der Waals surface area contributed by atoms with Crippen molar-refractivity contribution in [3.05, 3.63) is 59.9 Å². The van der Waals surface area contributed by atoms with E-state index < -0.39 is 0 Å². The normalized spacial score (nSPS) is 18.3. The minimum Gasteiger partial charge on any atom is -0.491 e. The van der Waals surface area contributed by atoms with Gasteiger partial charge in [-0.2, -0.15) is 0 Å². The highest BCUT2D eigenvalue weighted by atomic mass is 19.1. The summed E-state index contributed by atoms with van der Waals surface area (Å²) in [6, 6.07) is 12.8. The lowest BCUT2D eigenvalue weighted by molar-refractivity contribution is -0.134. The Morgan fingerprint density at radius 1 is 0.871 bits per heavy atom. The van der Waals surface area contributed by atoms with Gasteiger partial charge in [0.25, 0.3) is 11.8 Å². The molecule has 2 aromatic rings. The van der Waals surface area contributed by atoms with E-state index in [0.29, 0.717) is 30.2 Å². The molecule has 2 heterocycles. The quantitative estimate of drug-likeness (QED) is 0.680. The molecule has 4 rings (SSSR count). The first-order valence-corrected chi connectivity index (χ1v) is 10.8. The largest absolute Gasteiger partial charge is 0.491 e. The van der Waals surface area contributed by atoms with Crippen LogP contribution in [0.1, 0.15) is 36.0 Å². The number of likely N-dealkylation sites (tertiary alicyclic amines) is 2. The summed E-state index contributed by atoms with van der Waals surface area (Å²) in [5.41, 5.74) is 0.671. The van der Waals surface area contributed by atoms with Gasteiger partial charge in [-0.25, -0.2) is 4.39 Å². The van der Waals surface area contributed by atoms with E-state index in [2.05, 4.69) is 0 Å². The smallest absolute Gasteiger partial charge is 0.260 e. The Hall–Kier alpha value is -3.09. The lowest BCUT2D eigenvalue weighted by Gasteiger charge is -2.25. The van der Waals surface area contributed by atoms with Crippen molar-refractivity contribution >= 4 is 11.8 Å². The van der Waals surface area contributed by atoms with Gasteiger partial charge in [-0.05, 0) is 74.2 Å². The molecular weight excluding hydrogens is 399 g/mol. The Labute approximate surface area is 181 Å². The second-order valence-electron chi connectivity index (χ2n) is 7.96. The number of carbonyl (C=O) groups is 2. The second-order valence-corrected chi connectivity index (χ2v) is 7.96. The SMILES string of the molecule is O=C(c1ccc(OCC2CCCN2C(=O)COc2ccc(F)cc2)cc1)N1CCCC1. The maximum atomic E-state index is 13.0. The molecule has 0 saturated carbocycles. The van der Waals surface area contributed by atoms with E-state index in [1.165, 1.54) is 24.3 Å². The molecule has 2 amide bonds. The van der Waals surface area contributed by atoms with Gasteiger partial charge < -0.3 is 19.3 Å². The van der Waals surface area contributed by atoms with Crippen LogP contribution in [0.2, 0.25) is 0 Å². The Morgan fingerprint density at radius 3 is 2.23 bits per heavy atom. The topological polar surface area (TPSA) is 59.1 Å². The highest BCUT2D eigenvalue weighted by Gasteiger charge is 2.29. The van der Waals surface area contributed by atoms with Gasteiger partial charge in [0.15, 0.2) is 6.61 Å². The molecule has 0 aromatic heterocycles. The minimum atomic E-state index is -0.344. The molecule has 0 N–H and O–H groups in total. The molecule has 2 fully saturated rings. The standard InChI is InChI=1S/C24H27FN2O4/c25-19-7-11-22(12-8-19)31-17-23(28)27-15-3-4-20(27)16-30-21-9-5-18(6-10-21)24(29)26-13-1-2-14-26/h5-12,20H,1-4,13-17H2. The average Bonchev–Trinajstić information content (AvgIpc) is 3.49. The van der Waals surface area contributed by atoms with Crippen molar-refractivity contribution in [1.29, 1.82) is 0 Å². The lowest BCUT2D eigenvalue weighted by Crippen LogP contribution is -2.41. The van der Waals surface area contributed by atoms with Gasteiger partial charge in [0.2, 0.25) is 0 Å². The predicted octanol–water partition coefficient (Wildman–Crippen LogP) is 3.51. The lowest BCUT2D eigenvalue weighted by atomic mass is 10.2. The highest BCUT2D eigenvalue weighted by molar-refractivity contribution is 5.94. The first-order chi connectivity index (χ1) is 15.1. The van der Waals surface area contributed by atoms with Crippen LogP contribution in [-0.2, 0) is 4.79 Å². The molecule has 1 atom stereocenters. The average molecular weight is 426 g/mol. The van der Waals surface area contributed by atoms with Crippen molar-refractivity contribution in [3.8, 4) is 11.5 Å². The van der Waals surface area contributed by atoms with E-state index in [1.54, 1.807) is 17.0 Å². The van der Waals surface area contributed by atoms with Crippen molar-refractivity contribution in [2.45, 2.75) is 31.7 Å². The fraction of sp³-hybridized carbons (Fsp3) is 0.417. The molecule has 2 saturated heterocycles. The summed E-state index contributed by atoms with van der Waals surface area (Å²) in [5.74, 6) is 0.758. The van der Waals surface area contributed by atoms with Crippen LogP contribution in [0.4, 0.5) is 4.39 Å². The summed E-state index contributed by atoms with van der Waals surface area (Å²) >= 11 is 0. The van der Waals surface area contributed by atoms with Crippen molar-refractivity contribution in [1.82, 2.24) is 9.80 Å². The van der Waals surface area contributed by atoms with Crippen molar-refractivity contribution in [2.24, 2.45) is 0 Å². The Balaban J connectivity index is 1.26. The Morgan fingerprint density at radius 2 is 1.52 bits per heavy atom. The van der Waals surface area contributed by atoms with Crippen LogP contribution in [-0.4, -0.2) is 60.5 Å². The third-order valence-corrected chi connectivity index (χ3v) is 5.81. The van der Waals surface area contributed by atoms with Crippen molar-refractivity contribution in [2.75, 3.05) is 32.8 Å². The molecule has 0 aliphatic carbocycles. The Bertz CT molecular complexity index is 895. The maximum absolute atomic E-state index is 13.0. The molecule has 2 aliphatic heterocycles. The van der Waals surface area contributed by atoms with Crippen LogP contribution in [0, 0.1) is 5.82 Å². The number of hydrogen-bond acceptors (Lipinski definition) is 4. The fourth-order valence-electron chi connectivity index (χ4n) is 4.09. The zero-order valence-corrected chi connectivity index (χ0v) is 17.5. The van der Waals surface area contributed by atoms with Crippen molar-refractivity contribution in [3.63, 3.8) is 0 Å². The van der Waals surface area contributed by atoms with Crippen LogP contribution < -0.4 is 9.47 Å². The van der Waals surface area contributed by atoms with E-state index >= 15 is 0 Å². The van der Waals surface area contributed by atoms with E-state index in [0.717, 1.165) is 38.8 Å². The molecule has 2 aliphatic rings. The van der Waals surface area contributed by atoms with E-state index in [4.69, 9.17) is 9.47 Å².